The minimum Gasteiger partial charge on any atom is -0.394 e. The summed E-state index contributed by atoms with van der Waals surface area (Å²) in [6.07, 6.45) is 3.70. The highest BCUT2D eigenvalue weighted by molar-refractivity contribution is 5.25. The van der Waals surface area contributed by atoms with E-state index in [9.17, 15) is 15.3 Å². The third-order valence-corrected chi connectivity index (χ3v) is 4.90. The van der Waals surface area contributed by atoms with Crippen molar-refractivity contribution in [1.82, 2.24) is 0 Å². The molecule has 4 nitrogen and oxygen atoms in total. The maximum atomic E-state index is 10.3. The number of hydrogen-bond acceptors (Lipinski definition) is 4. The van der Waals surface area contributed by atoms with Crippen LogP contribution in [0.25, 0.3) is 0 Å². The summed E-state index contributed by atoms with van der Waals surface area (Å²) in [7, 11) is 0. The summed E-state index contributed by atoms with van der Waals surface area (Å²) < 4.78 is 0. The van der Waals surface area contributed by atoms with Crippen molar-refractivity contribution >= 4 is 0 Å². The molecule has 142 valence electrons. The Kier molecular flexibility index (Phi) is 7.79. The molecule has 0 aliphatic rings. The molecular formula is C22H31NO3. The van der Waals surface area contributed by atoms with Crippen molar-refractivity contribution in [3.63, 3.8) is 0 Å². The van der Waals surface area contributed by atoms with Gasteiger partial charge in [-0.05, 0) is 55.7 Å². The Balaban J connectivity index is 1.78. The molecule has 2 rings (SSSR count). The van der Waals surface area contributed by atoms with Crippen molar-refractivity contribution in [3.05, 3.63) is 70.8 Å². The van der Waals surface area contributed by atoms with Gasteiger partial charge < -0.3 is 21.1 Å². The van der Waals surface area contributed by atoms with Gasteiger partial charge in [0.2, 0.25) is 0 Å². The fourth-order valence-electron chi connectivity index (χ4n) is 3.00. The van der Waals surface area contributed by atoms with E-state index < -0.39 is 11.6 Å². The first-order valence-electron chi connectivity index (χ1n) is 9.29. The second kappa shape index (κ2) is 9.83. The topological polar surface area (TPSA) is 86.7 Å². The fraction of sp³-hybridized carbons (Fsp3) is 0.455. The maximum absolute atomic E-state index is 10.3. The molecule has 0 amide bonds. The second-order valence-corrected chi connectivity index (χ2v) is 7.33. The van der Waals surface area contributed by atoms with Crippen LogP contribution in [0.4, 0.5) is 0 Å². The summed E-state index contributed by atoms with van der Waals surface area (Å²) in [5.41, 5.74) is 9.36. The molecule has 5 N–H and O–H groups in total. The monoisotopic (exact) mass is 357 g/mol. The summed E-state index contributed by atoms with van der Waals surface area (Å²) in [4.78, 5) is 0. The number of hydrogen-bond donors (Lipinski definition) is 4. The molecule has 0 aliphatic heterocycles. The van der Waals surface area contributed by atoms with Gasteiger partial charge in [-0.25, -0.2) is 0 Å². The normalized spacial score (nSPS) is 13.0. The molecule has 4 heteroatoms. The predicted molar refractivity (Wildman–Crippen MR) is 105 cm³/mol. The molecular weight excluding hydrogens is 326 g/mol. The second-order valence-electron chi connectivity index (χ2n) is 7.33. The SMILES string of the molecule is Cc1ccc(CCCCc2ccc(C(O)CC(N)(CO)CO)cc2)cc1. The third kappa shape index (κ3) is 6.22. The van der Waals surface area contributed by atoms with E-state index in [1.54, 1.807) is 0 Å². The van der Waals surface area contributed by atoms with Crippen LogP contribution in [-0.2, 0) is 12.8 Å². The van der Waals surface area contributed by atoms with E-state index in [0.717, 1.165) is 31.2 Å². The van der Waals surface area contributed by atoms with Gasteiger partial charge in [-0.3, -0.25) is 0 Å². The third-order valence-electron chi connectivity index (χ3n) is 4.90. The molecule has 0 aromatic heterocycles. The van der Waals surface area contributed by atoms with Gasteiger partial charge in [-0.2, -0.15) is 0 Å². The minimum absolute atomic E-state index is 0.121. The van der Waals surface area contributed by atoms with Crippen molar-refractivity contribution in [2.24, 2.45) is 5.73 Å². The molecule has 0 saturated carbocycles. The smallest absolute Gasteiger partial charge is 0.0809 e. The van der Waals surface area contributed by atoms with Gasteiger partial charge in [0.25, 0.3) is 0 Å². The Morgan fingerprint density at radius 1 is 0.846 bits per heavy atom. The van der Waals surface area contributed by atoms with E-state index in [2.05, 4.69) is 31.2 Å². The van der Waals surface area contributed by atoms with Crippen molar-refractivity contribution < 1.29 is 15.3 Å². The number of unbranched alkanes of at least 4 members (excludes halogenated alkanes) is 1. The molecule has 1 unspecified atom stereocenters. The van der Waals surface area contributed by atoms with E-state index in [-0.39, 0.29) is 19.6 Å². The standard InChI is InChI=1S/C22H31NO3/c1-17-6-8-18(9-7-17)4-2-3-5-19-10-12-20(13-11-19)21(26)14-22(23,15-24)16-25/h6-13,21,24-26H,2-5,14-16,23H2,1H3. The van der Waals surface area contributed by atoms with Crippen LogP contribution in [0.5, 0.6) is 0 Å². The van der Waals surface area contributed by atoms with Gasteiger partial charge in [0.05, 0.1) is 24.9 Å². The zero-order valence-corrected chi connectivity index (χ0v) is 15.6. The highest BCUT2D eigenvalue weighted by Gasteiger charge is 2.27. The summed E-state index contributed by atoms with van der Waals surface area (Å²) in [6, 6.07) is 16.6. The van der Waals surface area contributed by atoms with Gasteiger partial charge in [-0.15, -0.1) is 0 Å². The van der Waals surface area contributed by atoms with Crippen molar-refractivity contribution in [3.8, 4) is 0 Å². The number of aliphatic hydroxyl groups is 3. The first-order chi connectivity index (χ1) is 12.5. The van der Waals surface area contributed by atoms with E-state index in [0.29, 0.717) is 0 Å². The van der Waals surface area contributed by atoms with Gasteiger partial charge in [0, 0.05) is 0 Å². The van der Waals surface area contributed by atoms with Crippen LogP contribution in [0.1, 0.15) is 47.6 Å². The van der Waals surface area contributed by atoms with Gasteiger partial charge >= 0.3 is 0 Å². The van der Waals surface area contributed by atoms with Crippen LogP contribution in [0.2, 0.25) is 0 Å². The Bertz CT molecular complexity index is 648. The highest BCUT2D eigenvalue weighted by atomic mass is 16.3. The minimum atomic E-state index is -1.16. The number of aliphatic hydroxyl groups excluding tert-OH is 3. The van der Waals surface area contributed by atoms with Crippen molar-refractivity contribution in [2.75, 3.05) is 13.2 Å². The van der Waals surface area contributed by atoms with Crippen LogP contribution >= 0.6 is 0 Å². The van der Waals surface area contributed by atoms with Crippen molar-refractivity contribution in [2.45, 2.75) is 50.7 Å². The first kappa shape index (κ1) is 20.6. The lowest BCUT2D eigenvalue weighted by Gasteiger charge is -2.27. The number of nitrogens with two attached hydrogens (primary N) is 1. The van der Waals surface area contributed by atoms with Crippen LogP contribution < -0.4 is 5.73 Å². The molecule has 1 atom stereocenters. The van der Waals surface area contributed by atoms with Gasteiger partial charge in [-0.1, -0.05) is 54.1 Å². The lowest BCUT2D eigenvalue weighted by atomic mass is 9.91. The van der Waals surface area contributed by atoms with E-state index in [1.807, 2.05) is 24.3 Å². The summed E-state index contributed by atoms with van der Waals surface area (Å²) >= 11 is 0. The maximum Gasteiger partial charge on any atom is 0.0809 e. The van der Waals surface area contributed by atoms with Crippen molar-refractivity contribution in [1.29, 1.82) is 0 Å². The average molecular weight is 357 g/mol. The molecule has 0 aliphatic carbocycles. The Morgan fingerprint density at radius 2 is 1.31 bits per heavy atom. The molecule has 0 radical (unpaired) electrons. The van der Waals surface area contributed by atoms with E-state index in [4.69, 9.17) is 5.73 Å². The molecule has 2 aromatic carbocycles. The summed E-state index contributed by atoms with van der Waals surface area (Å²) in [5.74, 6) is 0. The quantitative estimate of drug-likeness (QED) is 0.492. The Labute approximate surface area is 156 Å². The van der Waals surface area contributed by atoms with Crippen LogP contribution in [0, 0.1) is 6.92 Å². The Morgan fingerprint density at radius 3 is 1.77 bits per heavy atom. The molecule has 0 fully saturated rings. The zero-order chi connectivity index (χ0) is 19.0. The first-order valence-corrected chi connectivity index (χ1v) is 9.29. The van der Waals surface area contributed by atoms with Crippen LogP contribution in [0.15, 0.2) is 48.5 Å². The van der Waals surface area contributed by atoms with E-state index in [1.165, 1.54) is 16.7 Å². The molecule has 26 heavy (non-hydrogen) atoms. The fourth-order valence-corrected chi connectivity index (χ4v) is 3.00. The Hall–Kier alpha value is -1.72. The lowest BCUT2D eigenvalue weighted by Crippen LogP contribution is -2.48. The summed E-state index contributed by atoms with van der Waals surface area (Å²) in [5, 5.41) is 28.8. The van der Waals surface area contributed by atoms with Crippen LogP contribution in [0.3, 0.4) is 0 Å². The molecule has 0 saturated heterocycles. The molecule has 2 aromatic rings. The largest absolute Gasteiger partial charge is 0.394 e. The number of aryl methyl sites for hydroxylation is 3. The molecule has 0 bridgehead atoms. The zero-order valence-electron chi connectivity index (χ0n) is 15.6. The number of benzene rings is 2. The summed E-state index contributed by atoms with van der Waals surface area (Å²) in [6.45, 7) is 1.38. The van der Waals surface area contributed by atoms with Crippen LogP contribution in [-0.4, -0.2) is 34.1 Å². The number of rotatable bonds is 10. The van der Waals surface area contributed by atoms with E-state index >= 15 is 0 Å². The molecule has 0 spiro atoms. The predicted octanol–water partition coefficient (Wildman–Crippen LogP) is 2.67. The van der Waals surface area contributed by atoms with Gasteiger partial charge in [0.15, 0.2) is 0 Å². The highest BCUT2D eigenvalue weighted by Crippen LogP contribution is 2.23. The average Bonchev–Trinajstić information content (AvgIpc) is 2.67. The molecule has 0 heterocycles. The van der Waals surface area contributed by atoms with Gasteiger partial charge in [0.1, 0.15) is 0 Å². The lowest BCUT2D eigenvalue weighted by molar-refractivity contribution is 0.0618.